The summed E-state index contributed by atoms with van der Waals surface area (Å²) in [5.41, 5.74) is 3.51. The number of aromatic nitrogens is 2. The van der Waals surface area contributed by atoms with Crippen molar-refractivity contribution in [2.24, 2.45) is 0 Å². The van der Waals surface area contributed by atoms with E-state index in [9.17, 15) is 9.59 Å². The van der Waals surface area contributed by atoms with Crippen LogP contribution in [0.4, 0.5) is 5.69 Å². The Labute approximate surface area is 211 Å². The lowest BCUT2D eigenvalue weighted by Gasteiger charge is -2.21. The standard InChI is InChI=1S/C26H26N4O3S2/c1-16-6-4-8-18(12-16)30-25(32)23-20-10-11-29(2)14-21(20)35-24(23)28-26(30)34-15-22(31)27-17-7-5-9-19(13-17)33-3/h4-9,12-13H,10-11,14-15H2,1-3H3,(H,27,31). The van der Waals surface area contributed by atoms with Crippen LogP contribution in [0.1, 0.15) is 16.0 Å². The highest BCUT2D eigenvalue weighted by atomic mass is 32.2. The Balaban J connectivity index is 1.51. The molecule has 1 aliphatic heterocycles. The fourth-order valence-electron chi connectivity index (χ4n) is 4.27. The predicted octanol–water partition coefficient (Wildman–Crippen LogP) is 4.48. The zero-order chi connectivity index (χ0) is 24.5. The number of anilines is 1. The number of hydrogen-bond donors (Lipinski definition) is 1. The fraction of sp³-hybridized carbons (Fsp3) is 0.269. The molecule has 9 heteroatoms. The van der Waals surface area contributed by atoms with Gasteiger partial charge in [-0.15, -0.1) is 11.3 Å². The molecule has 0 atom stereocenters. The predicted molar refractivity (Wildman–Crippen MR) is 142 cm³/mol. The van der Waals surface area contributed by atoms with Crippen LogP contribution in [-0.4, -0.2) is 46.8 Å². The molecule has 1 amide bonds. The third-order valence-electron chi connectivity index (χ3n) is 5.98. The summed E-state index contributed by atoms with van der Waals surface area (Å²) in [5, 5.41) is 4.12. The number of fused-ring (bicyclic) bond motifs is 3. The number of benzene rings is 2. The molecule has 0 radical (unpaired) electrons. The van der Waals surface area contributed by atoms with Crippen molar-refractivity contribution in [1.29, 1.82) is 0 Å². The minimum atomic E-state index is -0.180. The Kier molecular flexibility index (Phi) is 6.64. The molecule has 5 rings (SSSR count). The monoisotopic (exact) mass is 506 g/mol. The number of nitrogens with zero attached hydrogens (tertiary/aromatic N) is 3. The van der Waals surface area contributed by atoms with Gasteiger partial charge in [0.05, 0.1) is 23.9 Å². The van der Waals surface area contributed by atoms with E-state index in [1.807, 2.05) is 49.4 Å². The van der Waals surface area contributed by atoms with Gasteiger partial charge in [0.15, 0.2) is 5.16 Å². The Morgan fingerprint density at radius 3 is 2.86 bits per heavy atom. The summed E-state index contributed by atoms with van der Waals surface area (Å²) >= 11 is 2.85. The van der Waals surface area contributed by atoms with E-state index in [4.69, 9.17) is 9.72 Å². The third-order valence-corrected chi connectivity index (χ3v) is 8.03. The van der Waals surface area contributed by atoms with Crippen molar-refractivity contribution in [3.05, 3.63) is 74.9 Å². The first-order valence-electron chi connectivity index (χ1n) is 11.3. The average molecular weight is 507 g/mol. The van der Waals surface area contributed by atoms with Crippen LogP contribution in [0.25, 0.3) is 15.9 Å². The number of amides is 1. The van der Waals surface area contributed by atoms with Gasteiger partial charge in [0.25, 0.3) is 5.56 Å². The molecule has 35 heavy (non-hydrogen) atoms. The van der Waals surface area contributed by atoms with Crippen molar-refractivity contribution in [3.63, 3.8) is 0 Å². The number of likely N-dealkylation sites (N-methyl/N-ethyl adjacent to an activating group) is 1. The van der Waals surface area contributed by atoms with Gasteiger partial charge >= 0.3 is 0 Å². The van der Waals surface area contributed by atoms with Crippen LogP contribution in [0.15, 0.2) is 58.5 Å². The van der Waals surface area contributed by atoms with E-state index in [0.717, 1.165) is 41.2 Å². The number of thioether (sulfide) groups is 1. The molecule has 1 aliphatic rings. The van der Waals surface area contributed by atoms with Gasteiger partial charge in [0, 0.05) is 29.7 Å². The van der Waals surface area contributed by atoms with Gasteiger partial charge in [0.1, 0.15) is 10.6 Å². The SMILES string of the molecule is COc1cccc(NC(=O)CSc2nc3sc4c(c3c(=O)n2-c2cccc(C)c2)CCN(C)C4)c1. The zero-order valence-corrected chi connectivity index (χ0v) is 21.5. The highest BCUT2D eigenvalue weighted by Crippen LogP contribution is 2.34. The first-order chi connectivity index (χ1) is 16.9. The Bertz CT molecular complexity index is 1480. The van der Waals surface area contributed by atoms with Crippen molar-refractivity contribution in [2.75, 3.05) is 31.8 Å². The number of nitrogens with one attached hydrogen (secondary N) is 1. The lowest BCUT2D eigenvalue weighted by Crippen LogP contribution is -2.27. The number of aryl methyl sites for hydroxylation is 1. The zero-order valence-electron chi connectivity index (χ0n) is 19.8. The average Bonchev–Trinajstić information content (AvgIpc) is 3.20. The van der Waals surface area contributed by atoms with Crippen LogP contribution in [-0.2, 0) is 17.8 Å². The summed E-state index contributed by atoms with van der Waals surface area (Å²) in [6.07, 6.45) is 0.839. The largest absolute Gasteiger partial charge is 0.497 e. The molecule has 1 N–H and O–H groups in total. The second-order valence-electron chi connectivity index (χ2n) is 8.61. The van der Waals surface area contributed by atoms with Gasteiger partial charge in [-0.1, -0.05) is 30.0 Å². The van der Waals surface area contributed by atoms with Crippen molar-refractivity contribution in [1.82, 2.24) is 14.5 Å². The quantitative estimate of drug-likeness (QED) is 0.307. The van der Waals surface area contributed by atoms with Crippen molar-refractivity contribution in [2.45, 2.75) is 25.0 Å². The van der Waals surface area contributed by atoms with Crippen molar-refractivity contribution < 1.29 is 9.53 Å². The summed E-state index contributed by atoms with van der Waals surface area (Å²) < 4.78 is 6.89. The number of carbonyl (C=O) groups excluding carboxylic acids is 1. The Hall–Kier alpha value is -3.14. The number of methoxy groups -OCH3 is 1. The van der Waals surface area contributed by atoms with E-state index in [2.05, 4.69) is 17.3 Å². The summed E-state index contributed by atoms with van der Waals surface area (Å²) in [5.74, 6) is 0.609. The molecule has 2 aromatic carbocycles. The molecule has 0 saturated heterocycles. The molecule has 180 valence electrons. The molecule has 0 aliphatic carbocycles. The molecule has 0 unspecified atom stereocenters. The van der Waals surface area contributed by atoms with E-state index < -0.39 is 0 Å². The first-order valence-corrected chi connectivity index (χ1v) is 13.1. The number of rotatable bonds is 6. The highest BCUT2D eigenvalue weighted by Gasteiger charge is 2.24. The highest BCUT2D eigenvalue weighted by molar-refractivity contribution is 7.99. The number of carbonyl (C=O) groups is 1. The first kappa shape index (κ1) is 23.6. The Morgan fingerprint density at radius 1 is 1.23 bits per heavy atom. The third kappa shape index (κ3) is 4.84. The topological polar surface area (TPSA) is 76.5 Å². The number of thiophene rings is 1. The van der Waals surface area contributed by atoms with Crippen molar-refractivity contribution in [3.8, 4) is 11.4 Å². The van der Waals surface area contributed by atoms with Gasteiger partial charge in [-0.2, -0.15) is 0 Å². The van der Waals surface area contributed by atoms with Crippen LogP contribution in [0, 0.1) is 6.92 Å². The smallest absolute Gasteiger partial charge is 0.267 e. The second kappa shape index (κ2) is 9.85. The van der Waals surface area contributed by atoms with Crippen LogP contribution < -0.4 is 15.6 Å². The molecular formula is C26H26N4O3S2. The van der Waals surface area contributed by atoms with E-state index in [0.29, 0.717) is 22.0 Å². The second-order valence-corrected chi connectivity index (χ2v) is 10.6. The molecule has 4 aromatic rings. The molecule has 3 heterocycles. The summed E-state index contributed by atoms with van der Waals surface area (Å²) in [6.45, 7) is 3.74. The maximum atomic E-state index is 13.9. The van der Waals surface area contributed by atoms with E-state index in [1.165, 1.54) is 16.6 Å². The van der Waals surface area contributed by atoms with Gasteiger partial charge in [0.2, 0.25) is 5.91 Å². The van der Waals surface area contributed by atoms with Crippen LogP contribution in [0.3, 0.4) is 0 Å². The van der Waals surface area contributed by atoms with Crippen LogP contribution in [0.2, 0.25) is 0 Å². The maximum Gasteiger partial charge on any atom is 0.267 e. The Morgan fingerprint density at radius 2 is 2.06 bits per heavy atom. The maximum absolute atomic E-state index is 13.9. The molecule has 7 nitrogen and oxygen atoms in total. The lowest BCUT2D eigenvalue weighted by molar-refractivity contribution is -0.113. The summed E-state index contributed by atoms with van der Waals surface area (Å²) in [4.78, 5) is 35.7. The lowest BCUT2D eigenvalue weighted by atomic mass is 10.1. The van der Waals surface area contributed by atoms with E-state index in [1.54, 1.807) is 29.1 Å². The summed E-state index contributed by atoms with van der Waals surface area (Å²) in [6, 6.07) is 15.0. The molecular weight excluding hydrogens is 480 g/mol. The van der Waals surface area contributed by atoms with Gasteiger partial charge in [-0.25, -0.2) is 4.98 Å². The van der Waals surface area contributed by atoms with Crippen LogP contribution >= 0.6 is 23.1 Å². The summed E-state index contributed by atoms with van der Waals surface area (Å²) in [7, 11) is 3.68. The molecule has 0 bridgehead atoms. The normalized spacial score (nSPS) is 13.6. The van der Waals surface area contributed by atoms with Crippen LogP contribution in [0.5, 0.6) is 5.75 Å². The number of hydrogen-bond acceptors (Lipinski definition) is 7. The van der Waals surface area contributed by atoms with Gasteiger partial charge < -0.3 is 15.0 Å². The van der Waals surface area contributed by atoms with Crippen molar-refractivity contribution >= 4 is 44.9 Å². The molecule has 0 saturated carbocycles. The molecule has 2 aromatic heterocycles. The van der Waals surface area contributed by atoms with E-state index in [-0.39, 0.29) is 17.2 Å². The van der Waals surface area contributed by atoms with Gasteiger partial charge in [-0.3, -0.25) is 14.2 Å². The van der Waals surface area contributed by atoms with E-state index >= 15 is 0 Å². The molecule has 0 spiro atoms. The van der Waals surface area contributed by atoms with Gasteiger partial charge in [-0.05, 0) is 55.8 Å². The number of ether oxygens (including phenoxy) is 1. The minimum Gasteiger partial charge on any atom is -0.497 e. The fourth-order valence-corrected chi connectivity index (χ4v) is 6.42. The minimum absolute atomic E-state index is 0.0710. The molecule has 0 fully saturated rings.